The Kier molecular flexibility index (Phi) is 6.48. The Morgan fingerprint density at radius 3 is 1.37 bits per heavy atom. The molecule has 4 amide bonds. The van der Waals surface area contributed by atoms with Gasteiger partial charge in [-0.3, -0.25) is 19.2 Å². The summed E-state index contributed by atoms with van der Waals surface area (Å²) in [6, 6.07) is 24.2. The first-order chi connectivity index (χ1) is 25.2. The van der Waals surface area contributed by atoms with Gasteiger partial charge in [0.2, 0.25) is 23.6 Å². The minimum Gasteiger partial charge on any atom is -0.364 e. The van der Waals surface area contributed by atoms with Crippen LogP contribution in [0, 0.1) is 11.6 Å². The number of fused-ring (bicyclic) bond motifs is 11. The Balaban J connectivity index is 1.14. The van der Waals surface area contributed by atoms with Crippen LogP contribution in [0.1, 0.15) is 35.1 Å². The molecule has 6 heterocycles. The van der Waals surface area contributed by atoms with Gasteiger partial charge in [0.05, 0.1) is 10.8 Å². The average molecular weight is 701 g/mol. The van der Waals surface area contributed by atoms with Crippen molar-refractivity contribution in [2.24, 2.45) is 0 Å². The van der Waals surface area contributed by atoms with Crippen LogP contribution in [0.2, 0.25) is 0 Å². The summed E-state index contributed by atoms with van der Waals surface area (Å²) >= 11 is 0. The number of benzene rings is 4. The molecular formula is C40H34F2N6O4. The van der Waals surface area contributed by atoms with E-state index in [1.54, 1.807) is 21.9 Å². The monoisotopic (exact) mass is 700 g/mol. The third-order valence-electron chi connectivity index (χ3n) is 12.4. The van der Waals surface area contributed by atoms with Crippen molar-refractivity contribution in [2.75, 3.05) is 10.6 Å². The summed E-state index contributed by atoms with van der Waals surface area (Å²) in [5.41, 5.74) is 1.71. The van der Waals surface area contributed by atoms with Gasteiger partial charge in [0.1, 0.15) is 48.1 Å². The van der Waals surface area contributed by atoms with Gasteiger partial charge in [-0.15, -0.1) is 0 Å². The first kappa shape index (κ1) is 31.0. The Hall–Kier alpha value is -5.78. The highest BCUT2D eigenvalue weighted by molar-refractivity contribution is 6.01. The van der Waals surface area contributed by atoms with E-state index in [9.17, 15) is 28.0 Å². The van der Waals surface area contributed by atoms with Gasteiger partial charge in [-0.1, -0.05) is 72.8 Å². The molecule has 12 heteroatoms. The molecule has 0 spiro atoms. The average Bonchev–Trinajstić information content (AvgIpc) is 3.84. The fourth-order valence-corrected chi connectivity index (χ4v) is 10.4. The SMILES string of the molecule is O=C1N[C@@H](Cc2ccccc2)C(=O)N2[C@H]3Nc4cc(F)ccc4[C@@]3([C@@]34C[C@H]5C(=O)N[C@@H](Cc6ccccc6)C(=O)N5[C@H]3Nc3cc(F)ccc34)C[C@@H]12. The molecule has 4 N–H and O–H groups in total. The van der Waals surface area contributed by atoms with Gasteiger partial charge in [-0.25, -0.2) is 8.78 Å². The van der Waals surface area contributed by atoms with Gasteiger partial charge < -0.3 is 31.1 Å². The molecule has 4 aromatic carbocycles. The minimum absolute atomic E-state index is 0.123. The Labute approximate surface area is 297 Å². The highest BCUT2D eigenvalue weighted by atomic mass is 19.1. The van der Waals surface area contributed by atoms with E-state index in [1.807, 2.05) is 60.7 Å². The van der Waals surface area contributed by atoms with Crippen LogP contribution in [0.15, 0.2) is 97.1 Å². The molecule has 4 saturated heterocycles. The lowest BCUT2D eigenvalue weighted by atomic mass is 9.54. The number of hydrogen-bond acceptors (Lipinski definition) is 6. The van der Waals surface area contributed by atoms with Crippen LogP contribution < -0.4 is 21.3 Å². The molecule has 10 nitrogen and oxygen atoms in total. The van der Waals surface area contributed by atoms with Crippen LogP contribution in [0.5, 0.6) is 0 Å². The van der Waals surface area contributed by atoms with Gasteiger partial charge in [0.15, 0.2) is 0 Å². The highest BCUT2D eigenvalue weighted by Crippen LogP contribution is 2.69. The lowest BCUT2D eigenvalue weighted by molar-refractivity contribution is -0.149. The lowest BCUT2D eigenvalue weighted by Gasteiger charge is -2.48. The second kappa shape index (κ2) is 10.9. The number of piperazine rings is 2. The molecule has 6 aliphatic rings. The smallest absolute Gasteiger partial charge is 0.247 e. The maximum absolute atomic E-state index is 15.0. The number of carbonyl (C=O) groups excluding carboxylic acids is 4. The summed E-state index contributed by atoms with van der Waals surface area (Å²) in [6.45, 7) is 0. The number of carbonyl (C=O) groups is 4. The van der Waals surface area contributed by atoms with Crippen molar-refractivity contribution in [1.82, 2.24) is 20.4 Å². The molecule has 52 heavy (non-hydrogen) atoms. The van der Waals surface area contributed by atoms with Crippen LogP contribution in [0.4, 0.5) is 20.2 Å². The minimum atomic E-state index is -1.16. The lowest BCUT2D eigenvalue weighted by Crippen LogP contribution is -2.67. The molecule has 0 bridgehead atoms. The summed E-state index contributed by atoms with van der Waals surface area (Å²) in [7, 11) is 0. The van der Waals surface area contributed by atoms with Crippen molar-refractivity contribution in [3.05, 3.63) is 131 Å². The largest absolute Gasteiger partial charge is 0.364 e. The van der Waals surface area contributed by atoms with Crippen LogP contribution in [-0.2, 0) is 42.8 Å². The van der Waals surface area contributed by atoms with Crippen molar-refractivity contribution in [1.29, 1.82) is 0 Å². The van der Waals surface area contributed by atoms with Crippen LogP contribution in [0.3, 0.4) is 0 Å². The number of hydrogen-bond donors (Lipinski definition) is 4. The van der Waals surface area contributed by atoms with Crippen molar-refractivity contribution in [3.63, 3.8) is 0 Å². The molecule has 0 aliphatic carbocycles. The Morgan fingerprint density at radius 2 is 0.962 bits per heavy atom. The van der Waals surface area contributed by atoms with Crippen molar-refractivity contribution < 1.29 is 28.0 Å². The molecule has 4 fully saturated rings. The molecule has 10 rings (SSSR count). The summed E-state index contributed by atoms with van der Waals surface area (Å²) in [4.78, 5) is 60.8. The van der Waals surface area contributed by atoms with Crippen molar-refractivity contribution in [2.45, 2.75) is 73.0 Å². The number of nitrogens with zero attached hydrogens (tertiary/aromatic N) is 2. The topological polar surface area (TPSA) is 123 Å². The number of halogens is 2. The predicted molar refractivity (Wildman–Crippen MR) is 186 cm³/mol. The number of anilines is 2. The zero-order chi connectivity index (χ0) is 35.5. The molecule has 6 aliphatic heterocycles. The predicted octanol–water partition coefficient (Wildman–Crippen LogP) is 3.33. The number of nitrogens with one attached hydrogen (secondary N) is 4. The first-order valence-corrected chi connectivity index (χ1v) is 17.7. The molecule has 0 aromatic heterocycles. The van der Waals surface area contributed by atoms with E-state index in [4.69, 9.17) is 0 Å². The number of rotatable bonds is 5. The molecular weight excluding hydrogens is 666 g/mol. The normalized spacial score (nSPS) is 32.1. The quantitative estimate of drug-likeness (QED) is 0.254. The second-order valence-corrected chi connectivity index (χ2v) is 14.8. The Morgan fingerprint density at radius 1 is 0.558 bits per heavy atom. The molecule has 0 radical (unpaired) electrons. The van der Waals surface area contributed by atoms with Gasteiger partial charge >= 0.3 is 0 Å². The van der Waals surface area contributed by atoms with Crippen LogP contribution in [-0.4, -0.2) is 69.9 Å². The van der Waals surface area contributed by atoms with Gasteiger partial charge in [-0.2, -0.15) is 0 Å². The molecule has 4 aromatic rings. The third kappa shape index (κ3) is 4.03. The molecule has 262 valence electrons. The van der Waals surface area contributed by atoms with E-state index in [-0.39, 0.29) is 49.3 Å². The van der Waals surface area contributed by atoms with E-state index in [0.29, 0.717) is 22.5 Å². The first-order valence-electron chi connectivity index (χ1n) is 17.7. The summed E-state index contributed by atoms with van der Waals surface area (Å²) in [5.74, 6) is -2.16. The summed E-state index contributed by atoms with van der Waals surface area (Å²) in [5, 5.41) is 12.9. The van der Waals surface area contributed by atoms with Crippen molar-refractivity contribution in [3.8, 4) is 0 Å². The fourth-order valence-electron chi connectivity index (χ4n) is 10.4. The van der Waals surface area contributed by atoms with E-state index in [2.05, 4.69) is 21.3 Å². The summed E-state index contributed by atoms with van der Waals surface area (Å²) < 4.78 is 30.0. The van der Waals surface area contributed by atoms with Gasteiger partial charge in [-0.05, 0) is 59.4 Å². The zero-order valence-electron chi connectivity index (χ0n) is 27.8. The van der Waals surface area contributed by atoms with Crippen molar-refractivity contribution >= 4 is 35.0 Å². The van der Waals surface area contributed by atoms with E-state index >= 15 is 0 Å². The van der Waals surface area contributed by atoms with E-state index in [1.165, 1.54) is 24.3 Å². The second-order valence-electron chi connectivity index (χ2n) is 14.8. The number of amides is 4. The van der Waals surface area contributed by atoms with E-state index < -0.39 is 59.0 Å². The fraction of sp³-hybridized carbons (Fsp3) is 0.300. The van der Waals surface area contributed by atoms with E-state index in [0.717, 1.165) is 11.1 Å². The van der Waals surface area contributed by atoms with Gasteiger partial charge in [0, 0.05) is 24.2 Å². The zero-order valence-corrected chi connectivity index (χ0v) is 27.8. The van der Waals surface area contributed by atoms with Crippen LogP contribution in [0.25, 0.3) is 0 Å². The molecule has 0 saturated carbocycles. The maximum atomic E-state index is 15.0. The Bertz CT molecular complexity index is 2050. The maximum Gasteiger partial charge on any atom is 0.247 e. The molecule has 0 unspecified atom stereocenters. The van der Waals surface area contributed by atoms with Gasteiger partial charge in [0.25, 0.3) is 0 Å². The van der Waals surface area contributed by atoms with Crippen LogP contribution >= 0.6 is 0 Å². The molecule has 8 atom stereocenters. The standard InChI is InChI=1S/C40H34F2N6O4/c41-23-11-13-25-27(17-23)45-37-39(25,19-31-33(49)43-29(35(51)47(31)37)15-21-7-3-1-4-8-21)40-20-32-34(50)44-30(16-22-9-5-2-6-10-22)36(52)48(32)38(40)46-28-18-24(42)12-14-26(28)40/h1-14,17-18,29-32,37-38,45-46H,15-16,19-20H2,(H,43,49)(H,44,50)/t29-,30-,31-,32-,37+,38+,39-,40+/m0/s1. The highest BCUT2D eigenvalue weighted by Gasteiger charge is 2.78. The third-order valence-corrected chi connectivity index (χ3v) is 12.4. The summed E-state index contributed by atoms with van der Waals surface area (Å²) in [6.07, 6.45) is -0.909.